The molecule has 12 heteroatoms. The summed E-state index contributed by atoms with van der Waals surface area (Å²) >= 11 is 0. The van der Waals surface area contributed by atoms with Gasteiger partial charge in [0.2, 0.25) is 0 Å². The van der Waals surface area contributed by atoms with E-state index >= 15 is 0 Å². The van der Waals surface area contributed by atoms with Gasteiger partial charge in [0.25, 0.3) is 0 Å². The third-order valence-electron chi connectivity index (χ3n) is 9.03. The lowest BCUT2D eigenvalue weighted by molar-refractivity contribution is 0.111. The van der Waals surface area contributed by atoms with Crippen molar-refractivity contribution in [2.45, 2.75) is 102 Å². The van der Waals surface area contributed by atoms with Gasteiger partial charge in [-0.3, -0.25) is 28.8 Å². The molecule has 6 N–H and O–H groups in total. The Balaban J connectivity index is -0.00000102. The molecule has 0 aliphatic carbocycles. The van der Waals surface area contributed by atoms with Gasteiger partial charge in [-0.15, -0.1) is 0 Å². The fourth-order valence-electron chi connectivity index (χ4n) is 6.25. The van der Waals surface area contributed by atoms with Gasteiger partial charge in [0.05, 0.1) is 16.7 Å². The van der Waals surface area contributed by atoms with E-state index in [2.05, 4.69) is 0 Å². The van der Waals surface area contributed by atoms with Crippen molar-refractivity contribution in [1.29, 1.82) is 0 Å². The second-order valence-electron chi connectivity index (χ2n) is 12.5. The molecular formula is C57H72O12. The number of phenols is 6. The summed E-state index contributed by atoms with van der Waals surface area (Å²) in [7, 11) is 0. The van der Waals surface area contributed by atoms with Crippen molar-refractivity contribution in [3.63, 3.8) is 0 Å². The topological polar surface area (TPSA) is 224 Å². The summed E-state index contributed by atoms with van der Waals surface area (Å²) in [5, 5.41) is 60.7. The highest BCUT2D eigenvalue weighted by molar-refractivity contribution is 5.83. The molecule has 372 valence electrons. The average Bonchev–Trinajstić information content (AvgIpc) is 3.40. The molecule has 6 aromatic carbocycles. The Bertz CT molecular complexity index is 2220. The predicted octanol–water partition coefficient (Wildman–Crippen LogP) is 13.6. The summed E-state index contributed by atoms with van der Waals surface area (Å²) in [6, 6.07) is 26.0. The molecule has 0 amide bonds. The third kappa shape index (κ3) is 18.0. The maximum atomic E-state index is 11.2. The van der Waals surface area contributed by atoms with Gasteiger partial charge in [0.15, 0.2) is 18.9 Å². The van der Waals surface area contributed by atoms with E-state index in [9.17, 15) is 59.4 Å². The Morgan fingerprint density at radius 3 is 0.710 bits per heavy atom. The van der Waals surface area contributed by atoms with E-state index in [1.807, 2.05) is 83.1 Å². The van der Waals surface area contributed by atoms with Gasteiger partial charge < -0.3 is 30.6 Å². The lowest BCUT2D eigenvalue weighted by atomic mass is 9.82. The summed E-state index contributed by atoms with van der Waals surface area (Å²) < 4.78 is 0. The number of carbonyl (C=O) groups is 6. The van der Waals surface area contributed by atoms with E-state index in [0.29, 0.717) is 54.4 Å². The molecule has 6 aromatic rings. The molecule has 0 unspecified atom stereocenters. The minimum atomic E-state index is -0.945. The Kier molecular flexibility index (Phi) is 34.4. The van der Waals surface area contributed by atoms with Gasteiger partial charge in [0, 0.05) is 45.2 Å². The summed E-state index contributed by atoms with van der Waals surface area (Å²) in [5.41, 5.74) is 3.60. The molecule has 0 heterocycles. The van der Waals surface area contributed by atoms with Crippen LogP contribution in [0.25, 0.3) is 0 Å². The molecule has 6 rings (SSSR count). The number of phenolic OH excluding ortho intramolecular Hbond substituents is 6. The molecule has 0 aromatic heterocycles. The van der Waals surface area contributed by atoms with Crippen molar-refractivity contribution in [1.82, 2.24) is 0 Å². The minimum absolute atomic E-state index is 0. The van der Waals surface area contributed by atoms with Crippen LogP contribution in [-0.4, -0.2) is 68.4 Å². The van der Waals surface area contributed by atoms with Crippen LogP contribution in [0.5, 0.6) is 34.5 Å². The van der Waals surface area contributed by atoms with Gasteiger partial charge in [-0.05, 0) is 108 Å². The first-order valence-corrected chi connectivity index (χ1v) is 22.6. The summed E-state index contributed by atoms with van der Waals surface area (Å²) in [5.74, 6) is -2.52. The summed E-state index contributed by atoms with van der Waals surface area (Å²) in [6.45, 7) is 24.0. The van der Waals surface area contributed by atoms with Crippen molar-refractivity contribution in [2.75, 3.05) is 0 Å². The fraction of sp³-hybridized carbons (Fsp3) is 0.263. The van der Waals surface area contributed by atoms with Crippen molar-refractivity contribution in [3.8, 4) is 34.5 Å². The molecular weight excluding hydrogens is 877 g/mol. The number of aromatic hydroxyl groups is 6. The number of rotatable bonds is 12. The zero-order valence-corrected chi connectivity index (χ0v) is 41.1. The van der Waals surface area contributed by atoms with Crippen LogP contribution in [0.15, 0.2) is 109 Å². The molecule has 0 saturated heterocycles. The van der Waals surface area contributed by atoms with Crippen LogP contribution in [0.4, 0.5) is 0 Å². The van der Waals surface area contributed by atoms with Crippen LogP contribution >= 0.6 is 0 Å². The number of hydrogen-bond donors (Lipinski definition) is 6. The highest BCUT2D eigenvalue weighted by atomic mass is 16.3. The van der Waals surface area contributed by atoms with Crippen molar-refractivity contribution in [2.24, 2.45) is 0 Å². The first-order chi connectivity index (χ1) is 33.0. The maximum Gasteiger partial charge on any atom is 0.153 e. The van der Waals surface area contributed by atoms with Crippen LogP contribution in [0.3, 0.4) is 0 Å². The Hall–Kier alpha value is -7.86. The van der Waals surface area contributed by atoms with Crippen LogP contribution in [-0.2, 0) is 0 Å². The molecule has 0 spiro atoms. The standard InChI is InChI=1S/2C22H16O6.6C2H6.CH4/c23-10-16-7-13(1-4-19(16)26)22(14-2-5-20(27)17(8-14)11-24)15-3-6-21(28)18(9-15)12-25;23-10-13-1-4-19(26)16(7-13)22(17-8-14(11-24)2-5-20(17)27)18-9-15(12-25)3-6-21(18)28;6*1-2;/h2*1-12,22,26-28H;6*1-2H3;1H4. The molecule has 0 aliphatic rings. The number of hydrogen-bond acceptors (Lipinski definition) is 12. The molecule has 0 radical (unpaired) electrons. The first kappa shape index (κ1) is 65.4. The third-order valence-corrected chi connectivity index (χ3v) is 9.03. The van der Waals surface area contributed by atoms with Gasteiger partial charge >= 0.3 is 0 Å². The predicted molar refractivity (Wildman–Crippen MR) is 278 cm³/mol. The maximum absolute atomic E-state index is 11.2. The van der Waals surface area contributed by atoms with E-state index in [0.717, 1.165) is 0 Å². The molecule has 12 nitrogen and oxygen atoms in total. The molecule has 0 atom stereocenters. The quantitative estimate of drug-likeness (QED) is 0.0498. The second-order valence-corrected chi connectivity index (χ2v) is 12.5. The van der Waals surface area contributed by atoms with Crippen LogP contribution < -0.4 is 0 Å². The van der Waals surface area contributed by atoms with E-state index in [-0.39, 0.29) is 92.0 Å². The average molecular weight is 949 g/mol. The van der Waals surface area contributed by atoms with Gasteiger partial charge in [-0.1, -0.05) is 109 Å². The molecule has 0 saturated carbocycles. The number of aldehydes is 6. The number of carbonyl (C=O) groups excluding carboxylic acids is 6. The number of benzene rings is 6. The summed E-state index contributed by atoms with van der Waals surface area (Å²) in [4.78, 5) is 67.4. The zero-order valence-electron chi connectivity index (χ0n) is 41.1. The van der Waals surface area contributed by atoms with Gasteiger partial charge in [-0.25, -0.2) is 0 Å². The molecule has 0 bridgehead atoms. The van der Waals surface area contributed by atoms with Gasteiger partial charge in [-0.2, -0.15) is 0 Å². The van der Waals surface area contributed by atoms with E-state index < -0.39 is 11.8 Å². The first-order valence-electron chi connectivity index (χ1n) is 22.6. The van der Waals surface area contributed by atoms with Crippen LogP contribution in [0.1, 0.15) is 198 Å². The van der Waals surface area contributed by atoms with E-state index in [1.165, 1.54) is 91.0 Å². The van der Waals surface area contributed by atoms with E-state index in [1.54, 1.807) is 18.2 Å². The Morgan fingerprint density at radius 1 is 0.290 bits per heavy atom. The van der Waals surface area contributed by atoms with Gasteiger partial charge in [0.1, 0.15) is 53.4 Å². The highest BCUT2D eigenvalue weighted by Crippen LogP contribution is 2.44. The smallest absolute Gasteiger partial charge is 0.153 e. The molecule has 0 aliphatic heterocycles. The lowest BCUT2D eigenvalue weighted by Crippen LogP contribution is -2.07. The Morgan fingerprint density at radius 2 is 0.507 bits per heavy atom. The fourth-order valence-corrected chi connectivity index (χ4v) is 6.25. The SMILES string of the molecule is C.CC.CC.CC.CC.CC.CC.O=Cc1cc(C(c2ccc(O)c(C=O)c2)c2ccc(O)c(C=O)c2)ccc1O.O=Cc1ccc(O)c(C(c2cc(C=O)ccc2O)c2cc(C=O)ccc2O)c1. The highest BCUT2D eigenvalue weighted by Gasteiger charge is 2.27. The van der Waals surface area contributed by atoms with Crippen LogP contribution in [0, 0.1) is 0 Å². The van der Waals surface area contributed by atoms with Crippen molar-refractivity contribution >= 4 is 37.7 Å². The normalized spacial score (nSPS) is 9.13. The molecule has 69 heavy (non-hydrogen) atoms. The van der Waals surface area contributed by atoms with Crippen molar-refractivity contribution < 1.29 is 59.4 Å². The lowest BCUT2D eigenvalue weighted by Gasteiger charge is -2.22. The minimum Gasteiger partial charge on any atom is -0.508 e. The molecule has 0 fully saturated rings. The Labute approximate surface area is 408 Å². The largest absolute Gasteiger partial charge is 0.508 e. The van der Waals surface area contributed by atoms with E-state index in [4.69, 9.17) is 0 Å². The summed E-state index contributed by atoms with van der Waals surface area (Å²) in [6.07, 6.45) is 3.38. The van der Waals surface area contributed by atoms with Crippen molar-refractivity contribution in [3.05, 3.63) is 176 Å². The zero-order chi connectivity index (χ0) is 52.5. The monoisotopic (exact) mass is 949 g/mol. The van der Waals surface area contributed by atoms with Crippen LogP contribution in [0.2, 0.25) is 0 Å². The second kappa shape index (κ2) is 36.3.